The van der Waals surface area contributed by atoms with Crippen LogP contribution in [0.3, 0.4) is 0 Å². The Balaban J connectivity index is 2.61. The molecule has 2 unspecified atom stereocenters. The fourth-order valence-electron chi connectivity index (χ4n) is 2.38. The van der Waals surface area contributed by atoms with Crippen LogP contribution in [-0.4, -0.2) is 24.3 Å². The molecule has 0 spiro atoms. The lowest BCUT2D eigenvalue weighted by Crippen LogP contribution is -2.41. The number of aliphatic hydroxyl groups is 1. The molecular weight excluding hydrogens is 276 g/mol. The maximum atomic E-state index is 12.1. The maximum Gasteiger partial charge on any atom is 0.315 e. The van der Waals surface area contributed by atoms with Gasteiger partial charge in [0.1, 0.15) is 0 Å². The average molecular weight is 306 g/mol. The van der Waals surface area contributed by atoms with Crippen LogP contribution < -0.4 is 10.6 Å². The highest BCUT2D eigenvalue weighted by Crippen LogP contribution is 2.22. The summed E-state index contributed by atoms with van der Waals surface area (Å²) in [5.41, 5.74) is 2.43. The van der Waals surface area contributed by atoms with Gasteiger partial charge in [0.2, 0.25) is 0 Å². The lowest BCUT2D eigenvalue weighted by atomic mass is 9.95. The van der Waals surface area contributed by atoms with Gasteiger partial charge in [0, 0.05) is 13.2 Å². The van der Waals surface area contributed by atoms with Crippen LogP contribution in [0.2, 0.25) is 0 Å². The Kier molecular flexibility index (Phi) is 7.96. The van der Waals surface area contributed by atoms with Gasteiger partial charge in [-0.2, -0.15) is 0 Å². The first-order valence-corrected chi connectivity index (χ1v) is 8.22. The Labute approximate surface area is 134 Å². The number of hydrogen-bond acceptors (Lipinski definition) is 2. The third-order valence-corrected chi connectivity index (χ3v) is 3.93. The van der Waals surface area contributed by atoms with Gasteiger partial charge >= 0.3 is 6.03 Å². The number of amides is 2. The minimum atomic E-state index is -0.150. The molecule has 0 radical (unpaired) electrons. The van der Waals surface area contributed by atoms with Crippen LogP contribution in [0, 0.1) is 11.8 Å². The van der Waals surface area contributed by atoms with E-state index in [9.17, 15) is 4.79 Å². The second-order valence-corrected chi connectivity index (χ2v) is 6.29. The topological polar surface area (TPSA) is 61.4 Å². The Morgan fingerprint density at radius 3 is 2.32 bits per heavy atom. The average Bonchev–Trinajstić information content (AvgIpc) is 2.51. The molecule has 0 saturated heterocycles. The molecule has 1 aromatic rings. The maximum absolute atomic E-state index is 12.1. The molecule has 22 heavy (non-hydrogen) atoms. The molecule has 0 aliphatic carbocycles. The summed E-state index contributed by atoms with van der Waals surface area (Å²) in [4.78, 5) is 12.1. The van der Waals surface area contributed by atoms with Crippen molar-refractivity contribution < 1.29 is 9.90 Å². The van der Waals surface area contributed by atoms with Crippen molar-refractivity contribution >= 4 is 6.03 Å². The SMILES string of the molecule is CCc1ccc(C(NC(=O)NCC(C)CCO)C(C)C)cc1. The van der Waals surface area contributed by atoms with E-state index in [0.717, 1.165) is 12.0 Å². The molecule has 2 atom stereocenters. The van der Waals surface area contributed by atoms with Gasteiger partial charge in [-0.15, -0.1) is 0 Å². The Bertz CT molecular complexity index is 443. The van der Waals surface area contributed by atoms with Crippen molar-refractivity contribution in [3.8, 4) is 0 Å². The van der Waals surface area contributed by atoms with Gasteiger partial charge in [-0.05, 0) is 35.8 Å². The minimum absolute atomic E-state index is 0.000876. The summed E-state index contributed by atoms with van der Waals surface area (Å²) in [5, 5.41) is 14.8. The third kappa shape index (κ3) is 6.06. The molecule has 0 aliphatic rings. The smallest absolute Gasteiger partial charge is 0.315 e. The van der Waals surface area contributed by atoms with Crippen molar-refractivity contribution in [2.24, 2.45) is 11.8 Å². The van der Waals surface area contributed by atoms with Crippen molar-refractivity contribution in [3.05, 3.63) is 35.4 Å². The van der Waals surface area contributed by atoms with E-state index in [-0.39, 0.29) is 24.6 Å². The molecule has 1 aromatic carbocycles. The molecule has 2 amide bonds. The number of aryl methyl sites for hydroxylation is 1. The van der Waals surface area contributed by atoms with Gasteiger partial charge in [-0.25, -0.2) is 4.79 Å². The van der Waals surface area contributed by atoms with Crippen molar-refractivity contribution in [3.63, 3.8) is 0 Å². The molecule has 4 nitrogen and oxygen atoms in total. The summed E-state index contributed by atoms with van der Waals surface area (Å²) in [6.45, 7) is 9.09. The molecule has 4 heteroatoms. The molecule has 0 aromatic heterocycles. The van der Waals surface area contributed by atoms with Gasteiger partial charge in [-0.1, -0.05) is 52.0 Å². The Morgan fingerprint density at radius 1 is 1.18 bits per heavy atom. The van der Waals surface area contributed by atoms with Crippen LogP contribution in [0.15, 0.2) is 24.3 Å². The summed E-state index contributed by atoms with van der Waals surface area (Å²) in [7, 11) is 0. The predicted molar refractivity (Wildman–Crippen MR) is 90.8 cm³/mol. The molecule has 0 heterocycles. The Hall–Kier alpha value is -1.55. The number of carbonyl (C=O) groups excluding carboxylic acids is 1. The van der Waals surface area contributed by atoms with Crippen LogP contribution in [0.1, 0.15) is 51.3 Å². The largest absolute Gasteiger partial charge is 0.396 e. The van der Waals surface area contributed by atoms with E-state index in [4.69, 9.17) is 5.11 Å². The van der Waals surface area contributed by atoms with E-state index < -0.39 is 0 Å². The number of hydrogen-bond donors (Lipinski definition) is 3. The molecular formula is C18H30N2O2. The standard InChI is InChI=1S/C18H30N2O2/c1-5-15-6-8-16(9-7-15)17(13(2)3)20-18(22)19-12-14(4)10-11-21/h6-9,13-14,17,21H,5,10-12H2,1-4H3,(H2,19,20,22). The zero-order valence-corrected chi connectivity index (χ0v) is 14.2. The number of urea groups is 1. The van der Waals surface area contributed by atoms with Crippen LogP contribution in [0.4, 0.5) is 4.79 Å². The first kappa shape index (κ1) is 18.5. The molecule has 124 valence electrons. The van der Waals surface area contributed by atoms with Crippen molar-refractivity contribution in [2.45, 2.75) is 46.6 Å². The second-order valence-electron chi connectivity index (χ2n) is 6.29. The first-order valence-electron chi connectivity index (χ1n) is 8.22. The van der Waals surface area contributed by atoms with E-state index in [1.807, 2.05) is 6.92 Å². The van der Waals surface area contributed by atoms with Crippen LogP contribution >= 0.6 is 0 Å². The lowest BCUT2D eigenvalue weighted by molar-refractivity contribution is 0.227. The zero-order chi connectivity index (χ0) is 16.5. The predicted octanol–water partition coefficient (Wildman–Crippen LogP) is 3.26. The summed E-state index contributed by atoms with van der Waals surface area (Å²) in [5.74, 6) is 0.588. The Morgan fingerprint density at radius 2 is 1.82 bits per heavy atom. The number of nitrogens with one attached hydrogen (secondary N) is 2. The van der Waals surface area contributed by atoms with Crippen molar-refractivity contribution in [2.75, 3.05) is 13.2 Å². The van der Waals surface area contributed by atoms with Crippen molar-refractivity contribution in [1.82, 2.24) is 10.6 Å². The lowest BCUT2D eigenvalue weighted by Gasteiger charge is -2.24. The van der Waals surface area contributed by atoms with Crippen molar-refractivity contribution in [1.29, 1.82) is 0 Å². The monoisotopic (exact) mass is 306 g/mol. The van der Waals surface area contributed by atoms with E-state index in [0.29, 0.717) is 18.9 Å². The van der Waals surface area contributed by atoms with Crippen LogP contribution in [-0.2, 0) is 6.42 Å². The van der Waals surface area contributed by atoms with E-state index in [1.54, 1.807) is 0 Å². The highest BCUT2D eigenvalue weighted by atomic mass is 16.3. The molecule has 0 aliphatic heterocycles. The van der Waals surface area contributed by atoms with E-state index >= 15 is 0 Å². The second kappa shape index (κ2) is 9.46. The molecule has 0 fully saturated rings. The van der Waals surface area contributed by atoms with Gasteiger partial charge in [0.25, 0.3) is 0 Å². The summed E-state index contributed by atoms with van der Waals surface area (Å²) in [6.07, 6.45) is 1.72. The quantitative estimate of drug-likeness (QED) is 0.690. The molecule has 0 saturated carbocycles. The van der Waals surface area contributed by atoms with Crippen LogP contribution in [0.5, 0.6) is 0 Å². The fourth-order valence-corrected chi connectivity index (χ4v) is 2.38. The fraction of sp³-hybridized carbons (Fsp3) is 0.611. The highest BCUT2D eigenvalue weighted by Gasteiger charge is 2.18. The van der Waals surface area contributed by atoms with Gasteiger partial charge in [0.15, 0.2) is 0 Å². The number of benzene rings is 1. The van der Waals surface area contributed by atoms with Gasteiger partial charge < -0.3 is 15.7 Å². The van der Waals surface area contributed by atoms with E-state index in [2.05, 4.69) is 55.7 Å². The normalized spacial score (nSPS) is 13.7. The third-order valence-electron chi connectivity index (χ3n) is 3.93. The summed E-state index contributed by atoms with van der Waals surface area (Å²) >= 11 is 0. The minimum Gasteiger partial charge on any atom is -0.396 e. The van der Waals surface area contributed by atoms with Gasteiger partial charge in [-0.3, -0.25) is 0 Å². The number of aliphatic hydroxyl groups excluding tert-OH is 1. The number of carbonyl (C=O) groups is 1. The molecule has 0 bridgehead atoms. The first-order chi connectivity index (χ1) is 10.5. The highest BCUT2D eigenvalue weighted by molar-refractivity contribution is 5.74. The number of rotatable bonds is 8. The molecule has 3 N–H and O–H groups in total. The van der Waals surface area contributed by atoms with E-state index in [1.165, 1.54) is 5.56 Å². The van der Waals surface area contributed by atoms with Crippen LogP contribution in [0.25, 0.3) is 0 Å². The van der Waals surface area contributed by atoms with Gasteiger partial charge in [0.05, 0.1) is 6.04 Å². The summed E-state index contributed by atoms with van der Waals surface area (Å²) < 4.78 is 0. The molecule has 1 rings (SSSR count). The summed E-state index contributed by atoms with van der Waals surface area (Å²) in [6, 6.07) is 8.28. The zero-order valence-electron chi connectivity index (χ0n) is 14.2.